The van der Waals surface area contributed by atoms with Gasteiger partial charge in [-0.05, 0) is 59.0 Å². The summed E-state index contributed by atoms with van der Waals surface area (Å²) in [5.41, 5.74) is 9.60. The number of fused-ring (bicyclic) bond motifs is 1. The van der Waals surface area contributed by atoms with Crippen molar-refractivity contribution in [2.45, 2.75) is 19.4 Å². The van der Waals surface area contributed by atoms with Crippen molar-refractivity contribution in [1.29, 1.82) is 0 Å². The molecule has 3 heteroatoms. The molecule has 102 valence electrons. The number of benzene rings is 2. The van der Waals surface area contributed by atoms with Gasteiger partial charge in [-0.3, -0.25) is 0 Å². The molecule has 1 unspecified atom stereocenters. The van der Waals surface area contributed by atoms with Crippen LogP contribution in [0.25, 0.3) is 10.1 Å². The fourth-order valence-electron chi connectivity index (χ4n) is 2.52. The van der Waals surface area contributed by atoms with Gasteiger partial charge in [-0.25, -0.2) is 4.39 Å². The van der Waals surface area contributed by atoms with E-state index in [-0.39, 0.29) is 11.9 Å². The monoisotopic (exact) mass is 285 g/mol. The highest BCUT2D eigenvalue weighted by Gasteiger charge is 2.13. The highest BCUT2D eigenvalue weighted by atomic mass is 32.1. The van der Waals surface area contributed by atoms with Gasteiger partial charge in [0.05, 0.1) is 0 Å². The van der Waals surface area contributed by atoms with E-state index in [0.29, 0.717) is 0 Å². The van der Waals surface area contributed by atoms with Crippen LogP contribution >= 0.6 is 11.3 Å². The number of halogens is 1. The highest BCUT2D eigenvalue weighted by Crippen LogP contribution is 2.31. The summed E-state index contributed by atoms with van der Waals surface area (Å²) in [6.45, 7) is 1.93. The first kappa shape index (κ1) is 13.3. The fourth-order valence-corrected chi connectivity index (χ4v) is 3.55. The van der Waals surface area contributed by atoms with Crippen molar-refractivity contribution in [3.63, 3.8) is 0 Å². The molecule has 0 spiro atoms. The quantitative estimate of drug-likeness (QED) is 0.748. The molecule has 2 aromatic carbocycles. The van der Waals surface area contributed by atoms with Crippen molar-refractivity contribution < 1.29 is 4.39 Å². The van der Waals surface area contributed by atoms with Crippen molar-refractivity contribution >= 4 is 21.4 Å². The summed E-state index contributed by atoms with van der Waals surface area (Å²) in [5, 5.41) is 3.36. The minimum Gasteiger partial charge on any atom is -0.324 e. The Morgan fingerprint density at radius 1 is 1.20 bits per heavy atom. The summed E-state index contributed by atoms with van der Waals surface area (Å²) in [6.07, 6.45) is 0.729. The Hall–Kier alpha value is -1.71. The van der Waals surface area contributed by atoms with Gasteiger partial charge in [-0.1, -0.05) is 24.3 Å². The molecule has 2 N–H and O–H groups in total. The lowest BCUT2D eigenvalue weighted by Crippen LogP contribution is -2.13. The third-order valence-corrected chi connectivity index (χ3v) is 4.64. The number of nitrogens with two attached hydrogens (primary N) is 1. The molecule has 3 aromatic rings. The van der Waals surface area contributed by atoms with Crippen molar-refractivity contribution in [3.05, 3.63) is 70.4 Å². The fraction of sp³-hybridized carbons (Fsp3) is 0.176. The van der Waals surface area contributed by atoms with Gasteiger partial charge >= 0.3 is 0 Å². The Balaban J connectivity index is 1.91. The third kappa shape index (κ3) is 2.47. The second-order valence-electron chi connectivity index (χ2n) is 5.07. The predicted molar refractivity (Wildman–Crippen MR) is 83.6 cm³/mol. The average Bonchev–Trinajstić information content (AvgIpc) is 2.86. The van der Waals surface area contributed by atoms with Crippen molar-refractivity contribution in [2.24, 2.45) is 5.73 Å². The second-order valence-corrected chi connectivity index (χ2v) is 5.98. The van der Waals surface area contributed by atoms with E-state index < -0.39 is 0 Å². The van der Waals surface area contributed by atoms with Gasteiger partial charge in [0.1, 0.15) is 5.82 Å². The van der Waals surface area contributed by atoms with Crippen LogP contribution in [0.15, 0.2) is 47.8 Å². The molecule has 0 amide bonds. The van der Waals surface area contributed by atoms with Gasteiger partial charge < -0.3 is 5.73 Å². The van der Waals surface area contributed by atoms with E-state index >= 15 is 0 Å². The summed E-state index contributed by atoms with van der Waals surface area (Å²) in [7, 11) is 0. The predicted octanol–water partition coefficient (Wildman–Crippen LogP) is 4.59. The maximum atomic E-state index is 13.1. The molecule has 1 atom stereocenters. The number of thiophene rings is 1. The molecule has 1 aromatic heterocycles. The van der Waals surface area contributed by atoms with Crippen molar-refractivity contribution in [2.75, 3.05) is 0 Å². The van der Waals surface area contributed by atoms with E-state index in [1.54, 1.807) is 17.4 Å². The minimum atomic E-state index is -0.194. The summed E-state index contributed by atoms with van der Waals surface area (Å²) < 4.78 is 14.4. The molecule has 0 fully saturated rings. The van der Waals surface area contributed by atoms with Crippen LogP contribution in [0.3, 0.4) is 0 Å². The lowest BCUT2D eigenvalue weighted by Gasteiger charge is -2.13. The van der Waals surface area contributed by atoms with E-state index in [9.17, 15) is 4.39 Å². The molecule has 0 aliphatic carbocycles. The first-order chi connectivity index (χ1) is 9.65. The Labute approximate surface area is 121 Å². The van der Waals surface area contributed by atoms with Gasteiger partial charge in [-0.2, -0.15) is 0 Å². The molecule has 0 aliphatic heterocycles. The topological polar surface area (TPSA) is 26.0 Å². The number of hydrogen-bond donors (Lipinski definition) is 1. The first-order valence-corrected chi connectivity index (χ1v) is 7.50. The normalized spacial score (nSPS) is 12.8. The molecule has 1 nitrogen and oxygen atoms in total. The van der Waals surface area contributed by atoms with Gasteiger partial charge in [0.15, 0.2) is 0 Å². The maximum Gasteiger partial charge on any atom is 0.123 e. The maximum absolute atomic E-state index is 13.1. The summed E-state index contributed by atoms with van der Waals surface area (Å²) >= 11 is 1.72. The molecule has 0 saturated carbocycles. The molecule has 0 aliphatic rings. The van der Waals surface area contributed by atoms with Gasteiger partial charge in [0, 0.05) is 10.7 Å². The molecule has 1 heterocycles. The van der Waals surface area contributed by atoms with Crippen LogP contribution in [0.2, 0.25) is 0 Å². The van der Waals surface area contributed by atoms with Gasteiger partial charge in [0.25, 0.3) is 0 Å². The van der Waals surface area contributed by atoms with E-state index in [0.717, 1.165) is 17.5 Å². The molecular formula is C17H16FNS. The van der Waals surface area contributed by atoms with Crippen LogP contribution in [-0.2, 0) is 6.42 Å². The van der Waals surface area contributed by atoms with Gasteiger partial charge in [-0.15, -0.1) is 11.3 Å². The summed E-state index contributed by atoms with van der Waals surface area (Å²) in [4.78, 5) is 0. The van der Waals surface area contributed by atoms with Crippen LogP contribution in [-0.4, -0.2) is 0 Å². The van der Waals surface area contributed by atoms with Crippen LogP contribution < -0.4 is 5.73 Å². The number of aryl methyl sites for hydroxylation is 1. The molecule has 0 saturated heterocycles. The molecule has 3 rings (SSSR count). The third-order valence-electron chi connectivity index (χ3n) is 3.65. The van der Waals surface area contributed by atoms with Crippen LogP contribution in [0.1, 0.15) is 22.7 Å². The SMILES string of the molecule is Cc1cc(F)ccc1CC(N)c1csc2ccccc12. The van der Waals surface area contributed by atoms with E-state index in [1.807, 2.05) is 25.1 Å². The second kappa shape index (κ2) is 5.35. The standard InChI is InChI=1S/C17H16FNS/c1-11-8-13(18)7-6-12(11)9-16(19)15-10-20-17-5-3-2-4-14(15)17/h2-8,10,16H,9,19H2,1H3. The van der Waals surface area contributed by atoms with Crippen LogP contribution in [0.4, 0.5) is 4.39 Å². The average molecular weight is 285 g/mol. The Morgan fingerprint density at radius 3 is 2.80 bits per heavy atom. The minimum absolute atomic E-state index is 0.0599. The summed E-state index contributed by atoms with van der Waals surface area (Å²) in [6, 6.07) is 13.1. The molecular weight excluding hydrogens is 269 g/mol. The highest BCUT2D eigenvalue weighted by molar-refractivity contribution is 7.17. The van der Waals surface area contributed by atoms with Gasteiger partial charge in [0.2, 0.25) is 0 Å². The van der Waals surface area contributed by atoms with Crippen molar-refractivity contribution in [3.8, 4) is 0 Å². The first-order valence-electron chi connectivity index (χ1n) is 6.62. The molecule has 0 radical (unpaired) electrons. The van der Waals surface area contributed by atoms with Crippen LogP contribution in [0, 0.1) is 12.7 Å². The zero-order valence-electron chi connectivity index (χ0n) is 11.3. The smallest absolute Gasteiger partial charge is 0.123 e. The van der Waals surface area contributed by atoms with E-state index in [1.165, 1.54) is 21.7 Å². The lowest BCUT2D eigenvalue weighted by atomic mass is 9.96. The van der Waals surface area contributed by atoms with E-state index in [4.69, 9.17) is 5.73 Å². The number of rotatable bonds is 3. The number of hydrogen-bond acceptors (Lipinski definition) is 2. The Morgan fingerprint density at radius 2 is 2.00 bits per heavy atom. The zero-order chi connectivity index (χ0) is 14.1. The molecule has 20 heavy (non-hydrogen) atoms. The van der Waals surface area contributed by atoms with Crippen molar-refractivity contribution in [1.82, 2.24) is 0 Å². The Kier molecular flexibility index (Phi) is 3.55. The Bertz CT molecular complexity index is 748. The lowest BCUT2D eigenvalue weighted by molar-refractivity contribution is 0.624. The summed E-state index contributed by atoms with van der Waals surface area (Å²) in [5.74, 6) is -0.194. The zero-order valence-corrected chi connectivity index (χ0v) is 12.1. The molecule has 0 bridgehead atoms. The van der Waals surface area contributed by atoms with Crippen LogP contribution in [0.5, 0.6) is 0 Å². The van der Waals surface area contributed by atoms with E-state index in [2.05, 4.69) is 17.5 Å². The largest absolute Gasteiger partial charge is 0.324 e.